The molecule has 0 bridgehead atoms. The van der Waals surface area contributed by atoms with E-state index in [0.717, 1.165) is 15.6 Å². The Morgan fingerprint density at radius 3 is 2.44 bits per heavy atom. The molecule has 0 aromatic heterocycles. The molecule has 1 aliphatic carbocycles. The summed E-state index contributed by atoms with van der Waals surface area (Å²) in [5.74, 6) is 0.199. The third kappa shape index (κ3) is 2.15. The lowest BCUT2D eigenvalue weighted by molar-refractivity contribution is 0.941. The molecule has 1 saturated carbocycles. The molecule has 2 rings (SSSR count). The van der Waals surface area contributed by atoms with Crippen molar-refractivity contribution >= 4 is 50.7 Å². The largest absolute Gasteiger partial charge is 0.132 e. The number of benzene rings is 1. The molecule has 1 aromatic rings. The van der Waals surface area contributed by atoms with Gasteiger partial charge in [-0.1, -0.05) is 39.7 Å². The summed E-state index contributed by atoms with van der Waals surface area (Å²) in [6.07, 6.45) is 0. The summed E-state index contributed by atoms with van der Waals surface area (Å²) in [4.78, 5) is 0. The van der Waals surface area contributed by atoms with Crippen LogP contribution in [0.4, 0.5) is 0 Å². The van der Waals surface area contributed by atoms with Gasteiger partial charge in [-0.15, -0.1) is 23.2 Å². The number of hydrogen-bond acceptors (Lipinski definition) is 0. The molecule has 0 N–H and O–H groups in total. The second kappa shape index (κ2) is 4.20. The Kier molecular flexibility index (Phi) is 3.35. The fourth-order valence-electron chi connectivity index (χ4n) is 2.11. The lowest BCUT2D eigenvalue weighted by atomic mass is 10.1. The molecular weight excluding hydrogens is 330 g/mol. The van der Waals surface area contributed by atoms with Gasteiger partial charge in [0, 0.05) is 21.3 Å². The Morgan fingerprint density at radius 1 is 1.38 bits per heavy atom. The van der Waals surface area contributed by atoms with E-state index < -0.39 is 4.33 Å². The molecule has 0 nitrogen and oxygen atoms in total. The first kappa shape index (κ1) is 12.8. The molecule has 4 heteroatoms. The van der Waals surface area contributed by atoms with Crippen molar-refractivity contribution in [3.8, 4) is 0 Å². The van der Waals surface area contributed by atoms with E-state index in [9.17, 15) is 0 Å². The van der Waals surface area contributed by atoms with E-state index in [1.54, 1.807) is 0 Å². The summed E-state index contributed by atoms with van der Waals surface area (Å²) in [6.45, 7) is 5.87. The number of allylic oxidation sites excluding steroid dienone is 1. The van der Waals surface area contributed by atoms with Crippen LogP contribution < -0.4 is 0 Å². The molecule has 1 aromatic carbocycles. The SMILES string of the molecule is C=C(C)C1C(c2cc(Cl)cc(Br)c2)C1(Cl)Cl. The zero-order chi connectivity index (χ0) is 12.1. The first-order valence-corrected chi connectivity index (χ1v) is 6.76. The molecule has 1 fully saturated rings. The third-order valence-corrected chi connectivity index (χ3v) is 4.44. The fraction of sp³-hybridized carbons (Fsp3) is 0.333. The lowest BCUT2D eigenvalue weighted by Crippen LogP contribution is -1.91. The van der Waals surface area contributed by atoms with Gasteiger partial charge in [-0.2, -0.15) is 0 Å². The third-order valence-electron chi connectivity index (χ3n) is 2.83. The van der Waals surface area contributed by atoms with Gasteiger partial charge in [-0.25, -0.2) is 0 Å². The van der Waals surface area contributed by atoms with Crippen LogP contribution in [0.1, 0.15) is 18.4 Å². The number of hydrogen-bond donors (Lipinski definition) is 0. The second-order valence-electron chi connectivity index (χ2n) is 4.18. The molecule has 0 spiro atoms. The molecule has 0 radical (unpaired) electrons. The number of halogens is 4. The van der Waals surface area contributed by atoms with E-state index in [0.29, 0.717) is 5.02 Å². The summed E-state index contributed by atoms with van der Waals surface area (Å²) in [5, 5.41) is 0.681. The Balaban J connectivity index is 2.37. The van der Waals surface area contributed by atoms with Crippen LogP contribution in [0, 0.1) is 5.92 Å². The summed E-state index contributed by atoms with van der Waals surface area (Å²) >= 11 is 21.9. The summed E-state index contributed by atoms with van der Waals surface area (Å²) in [6, 6.07) is 5.74. The first-order valence-electron chi connectivity index (χ1n) is 4.83. The maximum absolute atomic E-state index is 6.25. The van der Waals surface area contributed by atoms with E-state index in [-0.39, 0.29) is 11.8 Å². The minimum absolute atomic E-state index is 0.0864. The topological polar surface area (TPSA) is 0 Å². The fourth-order valence-corrected chi connectivity index (χ4v) is 4.00. The zero-order valence-electron chi connectivity index (χ0n) is 8.61. The van der Waals surface area contributed by atoms with E-state index in [2.05, 4.69) is 22.5 Å². The molecule has 0 aliphatic heterocycles. The van der Waals surface area contributed by atoms with Gasteiger partial charge in [-0.05, 0) is 30.7 Å². The minimum Gasteiger partial charge on any atom is -0.100 e. The predicted molar refractivity (Wildman–Crippen MR) is 74.6 cm³/mol. The average molecular weight is 340 g/mol. The van der Waals surface area contributed by atoms with Crippen LogP contribution in [-0.4, -0.2) is 4.33 Å². The van der Waals surface area contributed by atoms with Crippen LogP contribution in [0.2, 0.25) is 5.02 Å². The molecule has 0 saturated heterocycles. The van der Waals surface area contributed by atoms with Crippen molar-refractivity contribution in [2.45, 2.75) is 17.2 Å². The average Bonchev–Trinajstić information content (AvgIpc) is 2.67. The normalized spacial score (nSPS) is 26.6. The van der Waals surface area contributed by atoms with Gasteiger partial charge >= 0.3 is 0 Å². The van der Waals surface area contributed by atoms with Crippen molar-refractivity contribution in [1.29, 1.82) is 0 Å². The van der Waals surface area contributed by atoms with Gasteiger partial charge in [0.1, 0.15) is 4.33 Å². The van der Waals surface area contributed by atoms with Crippen LogP contribution >= 0.6 is 50.7 Å². The first-order chi connectivity index (χ1) is 7.34. The Morgan fingerprint density at radius 2 is 2.00 bits per heavy atom. The second-order valence-corrected chi connectivity index (χ2v) is 6.98. The van der Waals surface area contributed by atoms with Crippen molar-refractivity contribution in [2.24, 2.45) is 5.92 Å². The minimum atomic E-state index is -0.740. The predicted octanol–water partition coefficient (Wildman–Crippen LogP) is 5.57. The highest BCUT2D eigenvalue weighted by Gasteiger charge is 2.63. The number of alkyl halides is 2. The van der Waals surface area contributed by atoms with Gasteiger partial charge in [0.05, 0.1) is 0 Å². The van der Waals surface area contributed by atoms with Crippen molar-refractivity contribution in [3.63, 3.8) is 0 Å². The summed E-state index contributed by atoms with van der Waals surface area (Å²) < 4.78 is 0.196. The van der Waals surface area contributed by atoms with E-state index in [1.807, 2.05) is 25.1 Å². The van der Waals surface area contributed by atoms with E-state index in [4.69, 9.17) is 34.8 Å². The van der Waals surface area contributed by atoms with Crippen LogP contribution in [-0.2, 0) is 0 Å². The van der Waals surface area contributed by atoms with Crippen LogP contribution in [0.25, 0.3) is 0 Å². The van der Waals surface area contributed by atoms with E-state index in [1.165, 1.54) is 0 Å². The van der Waals surface area contributed by atoms with Crippen molar-refractivity contribution in [3.05, 3.63) is 45.4 Å². The number of rotatable bonds is 2. The van der Waals surface area contributed by atoms with Gasteiger partial charge in [-0.3, -0.25) is 0 Å². The van der Waals surface area contributed by atoms with Crippen molar-refractivity contribution in [2.75, 3.05) is 0 Å². The molecule has 86 valence electrons. The standard InChI is InChI=1S/C12H10BrCl3/c1-6(2)10-11(12(10,15)16)7-3-8(13)5-9(14)4-7/h3-5,10-11H,1H2,2H3. The van der Waals surface area contributed by atoms with Gasteiger partial charge < -0.3 is 0 Å². The molecular formula is C12H10BrCl3. The Bertz CT molecular complexity index is 433. The molecule has 0 amide bonds. The van der Waals surface area contributed by atoms with Gasteiger partial charge in [0.15, 0.2) is 0 Å². The zero-order valence-corrected chi connectivity index (χ0v) is 12.5. The molecule has 2 unspecified atom stereocenters. The van der Waals surface area contributed by atoms with Gasteiger partial charge in [0.2, 0.25) is 0 Å². The Labute approximate surface area is 119 Å². The van der Waals surface area contributed by atoms with Crippen LogP contribution in [0.5, 0.6) is 0 Å². The van der Waals surface area contributed by atoms with Crippen LogP contribution in [0.15, 0.2) is 34.8 Å². The lowest BCUT2D eigenvalue weighted by Gasteiger charge is -2.02. The van der Waals surface area contributed by atoms with Crippen molar-refractivity contribution in [1.82, 2.24) is 0 Å². The highest BCUT2D eigenvalue weighted by atomic mass is 79.9. The maximum Gasteiger partial charge on any atom is 0.132 e. The quantitative estimate of drug-likeness (QED) is 0.488. The van der Waals surface area contributed by atoms with Crippen molar-refractivity contribution < 1.29 is 0 Å². The monoisotopic (exact) mass is 338 g/mol. The summed E-state index contributed by atoms with van der Waals surface area (Å²) in [5.41, 5.74) is 2.06. The Hall–Kier alpha value is 0.310. The van der Waals surface area contributed by atoms with E-state index >= 15 is 0 Å². The molecule has 1 aliphatic rings. The molecule has 16 heavy (non-hydrogen) atoms. The molecule has 0 heterocycles. The molecule has 2 atom stereocenters. The smallest absolute Gasteiger partial charge is 0.100 e. The maximum atomic E-state index is 6.25. The van der Waals surface area contributed by atoms with Gasteiger partial charge in [0.25, 0.3) is 0 Å². The van der Waals surface area contributed by atoms with Crippen LogP contribution in [0.3, 0.4) is 0 Å². The highest BCUT2D eigenvalue weighted by molar-refractivity contribution is 9.10. The summed E-state index contributed by atoms with van der Waals surface area (Å²) in [7, 11) is 0. The highest BCUT2D eigenvalue weighted by Crippen LogP contribution is 2.67.